The van der Waals surface area contributed by atoms with Crippen LogP contribution in [0.2, 0.25) is 0 Å². The van der Waals surface area contributed by atoms with Crippen molar-refractivity contribution in [3.8, 4) is 16.9 Å². The Morgan fingerprint density at radius 3 is 2.50 bits per heavy atom. The summed E-state index contributed by atoms with van der Waals surface area (Å²) >= 11 is 0. The van der Waals surface area contributed by atoms with Gasteiger partial charge in [-0.3, -0.25) is 4.79 Å². The van der Waals surface area contributed by atoms with Gasteiger partial charge in [0.15, 0.2) is 5.65 Å². The van der Waals surface area contributed by atoms with Crippen LogP contribution in [0.4, 0.5) is 13.2 Å². The molecule has 130 valence electrons. The number of rotatable bonds is 2. The molecule has 0 radical (unpaired) electrons. The van der Waals surface area contributed by atoms with Crippen LogP contribution < -0.4 is 5.56 Å². The first-order valence-corrected chi connectivity index (χ1v) is 7.64. The van der Waals surface area contributed by atoms with Crippen LogP contribution in [0, 0.1) is 0 Å². The third-order valence-electron chi connectivity index (χ3n) is 3.93. The fourth-order valence-electron chi connectivity index (χ4n) is 2.73. The summed E-state index contributed by atoms with van der Waals surface area (Å²) in [5, 5.41) is 5.18. The van der Waals surface area contributed by atoms with Gasteiger partial charge in [-0.05, 0) is 42.5 Å². The smallest absolute Gasteiger partial charge is 0.329 e. The molecule has 1 aromatic carbocycles. The van der Waals surface area contributed by atoms with Gasteiger partial charge in [0.25, 0.3) is 0 Å². The zero-order valence-electron chi connectivity index (χ0n) is 13.2. The fraction of sp³-hybridized carbons (Fsp3) is 0.0556. The van der Waals surface area contributed by atoms with Crippen LogP contribution in [0.25, 0.3) is 28.0 Å². The van der Waals surface area contributed by atoms with E-state index in [9.17, 15) is 18.0 Å². The van der Waals surface area contributed by atoms with E-state index in [0.29, 0.717) is 28.0 Å². The lowest BCUT2D eigenvalue weighted by Gasteiger charge is -2.08. The van der Waals surface area contributed by atoms with Crippen molar-refractivity contribution >= 4 is 11.0 Å². The van der Waals surface area contributed by atoms with Crippen molar-refractivity contribution in [2.24, 2.45) is 0 Å². The van der Waals surface area contributed by atoms with Crippen molar-refractivity contribution in [3.63, 3.8) is 0 Å². The SMILES string of the molecule is O=c1cc(-c2nn(-c3ccc(C(F)(F)F)cc3)c3ncccc23)cc[nH]1. The topological polar surface area (TPSA) is 63.6 Å². The minimum absolute atomic E-state index is 0.274. The van der Waals surface area contributed by atoms with Gasteiger partial charge in [-0.1, -0.05) is 0 Å². The average Bonchev–Trinajstić information content (AvgIpc) is 3.01. The molecule has 0 aliphatic carbocycles. The number of hydrogen-bond donors (Lipinski definition) is 1. The number of aromatic amines is 1. The number of nitrogens with zero attached hydrogens (tertiary/aromatic N) is 3. The van der Waals surface area contributed by atoms with Gasteiger partial charge in [0.2, 0.25) is 5.56 Å². The van der Waals surface area contributed by atoms with Gasteiger partial charge in [-0.2, -0.15) is 18.3 Å². The molecule has 26 heavy (non-hydrogen) atoms. The molecule has 0 bridgehead atoms. The van der Waals surface area contributed by atoms with E-state index in [1.54, 1.807) is 24.4 Å². The Kier molecular flexibility index (Phi) is 3.61. The third kappa shape index (κ3) is 2.75. The Labute approximate surface area is 144 Å². The van der Waals surface area contributed by atoms with E-state index in [0.717, 1.165) is 12.1 Å². The normalized spacial score (nSPS) is 11.8. The number of alkyl halides is 3. The summed E-state index contributed by atoms with van der Waals surface area (Å²) in [6, 6.07) is 11.3. The highest BCUT2D eigenvalue weighted by atomic mass is 19.4. The number of aromatic nitrogens is 4. The molecule has 3 aromatic heterocycles. The second-order valence-electron chi connectivity index (χ2n) is 5.62. The predicted molar refractivity (Wildman–Crippen MR) is 89.9 cm³/mol. The minimum Gasteiger partial charge on any atom is -0.329 e. The maximum absolute atomic E-state index is 12.8. The molecule has 0 amide bonds. The molecular formula is C18H11F3N4O. The molecule has 1 N–H and O–H groups in total. The molecule has 4 aromatic rings. The van der Waals surface area contributed by atoms with Gasteiger partial charge >= 0.3 is 6.18 Å². The van der Waals surface area contributed by atoms with Crippen molar-refractivity contribution in [1.82, 2.24) is 19.7 Å². The summed E-state index contributed by atoms with van der Waals surface area (Å²) in [6.45, 7) is 0. The molecule has 0 unspecified atom stereocenters. The van der Waals surface area contributed by atoms with Gasteiger partial charge < -0.3 is 4.98 Å². The second-order valence-corrected chi connectivity index (χ2v) is 5.62. The summed E-state index contributed by atoms with van der Waals surface area (Å²) in [7, 11) is 0. The van der Waals surface area contributed by atoms with Gasteiger partial charge in [0.1, 0.15) is 5.69 Å². The first-order valence-electron chi connectivity index (χ1n) is 7.64. The van der Waals surface area contributed by atoms with E-state index in [1.807, 2.05) is 0 Å². The molecule has 0 spiro atoms. The third-order valence-corrected chi connectivity index (χ3v) is 3.93. The van der Waals surface area contributed by atoms with Crippen LogP contribution in [-0.4, -0.2) is 19.7 Å². The standard InChI is InChI=1S/C18H11F3N4O/c19-18(20,21)12-3-5-13(6-4-12)25-17-14(2-1-8-23-17)16(24-25)11-7-9-22-15(26)10-11/h1-10H,(H,22,26). The second kappa shape index (κ2) is 5.83. The van der Waals surface area contributed by atoms with E-state index in [2.05, 4.69) is 15.1 Å². The molecule has 0 aliphatic rings. The highest BCUT2D eigenvalue weighted by Crippen LogP contribution is 2.31. The summed E-state index contributed by atoms with van der Waals surface area (Å²) in [4.78, 5) is 18.4. The average molecular weight is 356 g/mol. The number of H-pyrrole nitrogens is 1. The molecule has 0 fully saturated rings. The van der Waals surface area contributed by atoms with E-state index in [1.165, 1.54) is 29.1 Å². The summed E-state index contributed by atoms with van der Waals surface area (Å²) in [6.07, 6.45) is -1.32. The Bertz CT molecular complexity index is 1140. The van der Waals surface area contributed by atoms with Crippen LogP contribution in [0.15, 0.2) is 65.7 Å². The summed E-state index contributed by atoms with van der Waals surface area (Å²) in [5.74, 6) is 0. The lowest BCUT2D eigenvalue weighted by Crippen LogP contribution is -2.05. The van der Waals surface area contributed by atoms with Crippen molar-refractivity contribution in [2.45, 2.75) is 6.18 Å². The molecule has 0 saturated carbocycles. The monoisotopic (exact) mass is 356 g/mol. The fourth-order valence-corrected chi connectivity index (χ4v) is 2.73. The van der Waals surface area contributed by atoms with Crippen LogP contribution in [-0.2, 0) is 6.18 Å². The number of fused-ring (bicyclic) bond motifs is 1. The Hall–Kier alpha value is -3.42. The van der Waals surface area contributed by atoms with E-state index >= 15 is 0 Å². The molecular weight excluding hydrogens is 345 g/mol. The molecule has 0 aliphatic heterocycles. The molecule has 8 heteroatoms. The van der Waals surface area contributed by atoms with Gasteiger partial charge in [-0.25, -0.2) is 9.67 Å². The van der Waals surface area contributed by atoms with E-state index in [4.69, 9.17) is 0 Å². The van der Waals surface area contributed by atoms with Crippen LogP contribution in [0.3, 0.4) is 0 Å². The number of pyridine rings is 2. The van der Waals surface area contributed by atoms with Gasteiger partial charge in [0.05, 0.1) is 11.3 Å². The van der Waals surface area contributed by atoms with E-state index in [-0.39, 0.29) is 5.56 Å². The lowest BCUT2D eigenvalue weighted by molar-refractivity contribution is -0.137. The van der Waals surface area contributed by atoms with Gasteiger partial charge in [0, 0.05) is 29.4 Å². The first-order chi connectivity index (χ1) is 12.4. The number of halogens is 3. The van der Waals surface area contributed by atoms with Crippen molar-refractivity contribution < 1.29 is 13.2 Å². The van der Waals surface area contributed by atoms with Crippen molar-refractivity contribution in [1.29, 1.82) is 0 Å². The molecule has 5 nitrogen and oxygen atoms in total. The maximum atomic E-state index is 12.8. The summed E-state index contributed by atoms with van der Waals surface area (Å²) in [5.41, 5.74) is 1.04. The zero-order valence-corrected chi connectivity index (χ0v) is 13.2. The minimum atomic E-state index is -4.40. The van der Waals surface area contributed by atoms with Crippen molar-refractivity contribution in [3.05, 3.63) is 76.8 Å². The van der Waals surface area contributed by atoms with E-state index < -0.39 is 11.7 Å². The number of benzene rings is 1. The Morgan fingerprint density at radius 1 is 1.04 bits per heavy atom. The maximum Gasteiger partial charge on any atom is 0.416 e. The lowest BCUT2D eigenvalue weighted by atomic mass is 10.1. The molecule has 0 saturated heterocycles. The summed E-state index contributed by atoms with van der Waals surface area (Å²) < 4.78 is 39.8. The molecule has 3 heterocycles. The Morgan fingerprint density at radius 2 is 1.81 bits per heavy atom. The molecule has 4 rings (SSSR count). The van der Waals surface area contributed by atoms with Gasteiger partial charge in [-0.15, -0.1) is 0 Å². The quantitative estimate of drug-likeness (QED) is 0.594. The van der Waals surface area contributed by atoms with Crippen LogP contribution >= 0.6 is 0 Å². The van der Waals surface area contributed by atoms with Crippen LogP contribution in [0.1, 0.15) is 5.56 Å². The highest BCUT2D eigenvalue weighted by Gasteiger charge is 2.30. The number of nitrogens with one attached hydrogen (secondary N) is 1. The highest BCUT2D eigenvalue weighted by molar-refractivity contribution is 5.91. The van der Waals surface area contributed by atoms with Crippen LogP contribution in [0.5, 0.6) is 0 Å². The zero-order chi connectivity index (χ0) is 18.3. The predicted octanol–water partition coefficient (Wildman–Crippen LogP) is 3.79. The molecule has 0 atom stereocenters. The number of hydrogen-bond acceptors (Lipinski definition) is 3. The van der Waals surface area contributed by atoms with Crippen molar-refractivity contribution in [2.75, 3.05) is 0 Å². The Balaban J connectivity index is 1.90. The largest absolute Gasteiger partial charge is 0.416 e. The first kappa shape index (κ1) is 16.1.